The third-order valence-corrected chi connectivity index (χ3v) is 7.08. The third kappa shape index (κ3) is 8.99. The van der Waals surface area contributed by atoms with Gasteiger partial charge in [-0.1, -0.05) is 70.1 Å². The maximum Gasteiger partial charge on any atom is 0.407 e. The highest BCUT2D eigenvalue weighted by atomic mass is 33.1. The Labute approximate surface area is 200 Å². The molecule has 0 aromatic heterocycles. The van der Waals surface area contributed by atoms with Crippen LogP contribution in [-0.2, 0) is 14.3 Å². The molecule has 0 aliphatic heterocycles. The topological polar surface area (TPSA) is 139 Å². The first-order valence-electron chi connectivity index (χ1n) is 10.4. The van der Waals surface area contributed by atoms with Crippen molar-refractivity contribution < 1.29 is 29.3 Å². The molecular formula is C23H28N2O6S2. The van der Waals surface area contributed by atoms with E-state index in [1.165, 1.54) is 22.3 Å². The zero-order valence-corrected chi connectivity index (χ0v) is 19.7. The number of amides is 1. The average molecular weight is 493 g/mol. The standard InChI is InChI=1S/C19H22N2O2S2.C4H6O4/c20-9-11-24-25-12-10-21-19(22)23-13-18-16-7-3-1-5-14(16)15-6-2-4-8-17(15)18;5-3(6)1-2-4(7)8/h1-8,18H,9-13,20H2,(H,21,22);1-2H2,(H,5,6)(H,7,8). The van der Waals surface area contributed by atoms with E-state index in [9.17, 15) is 14.4 Å². The number of alkyl carbamates (subject to hydrolysis) is 1. The second-order valence-electron chi connectivity index (χ2n) is 6.97. The van der Waals surface area contributed by atoms with Gasteiger partial charge in [0, 0.05) is 30.5 Å². The van der Waals surface area contributed by atoms with Gasteiger partial charge in [0.05, 0.1) is 12.8 Å². The quantitative estimate of drug-likeness (QED) is 0.272. The zero-order valence-electron chi connectivity index (χ0n) is 18.1. The summed E-state index contributed by atoms with van der Waals surface area (Å²) >= 11 is 0. The van der Waals surface area contributed by atoms with Crippen molar-refractivity contribution in [2.75, 3.05) is 31.2 Å². The van der Waals surface area contributed by atoms with Gasteiger partial charge in [-0.2, -0.15) is 0 Å². The number of hydrogen-bond donors (Lipinski definition) is 4. The lowest BCUT2D eigenvalue weighted by Crippen LogP contribution is -2.27. The Hall–Kier alpha value is -2.69. The third-order valence-electron chi connectivity index (χ3n) is 4.64. The summed E-state index contributed by atoms with van der Waals surface area (Å²) < 4.78 is 5.48. The van der Waals surface area contributed by atoms with Gasteiger partial charge in [0.15, 0.2) is 0 Å². The van der Waals surface area contributed by atoms with E-state index in [0.29, 0.717) is 19.7 Å². The molecular weight excluding hydrogens is 464 g/mol. The van der Waals surface area contributed by atoms with Gasteiger partial charge in [-0.25, -0.2) is 4.79 Å². The Morgan fingerprint density at radius 3 is 1.91 bits per heavy atom. The summed E-state index contributed by atoms with van der Waals surface area (Å²) in [6, 6.07) is 16.7. The molecule has 0 heterocycles. The summed E-state index contributed by atoms with van der Waals surface area (Å²) in [5.41, 5.74) is 10.4. The summed E-state index contributed by atoms with van der Waals surface area (Å²) in [6.07, 6.45) is -0.948. The SMILES string of the molecule is NCCSSCCNC(=O)OCC1c2ccccc2-c2ccccc21.O=C(O)CCC(=O)O. The van der Waals surface area contributed by atoms with Crippen LogP contribution in [0.15, 0.2) is 48.5 Å². The molecule has 0 radical (unpaired) electrons. The van der Waals surface area contributed by atoms with Crippen molar-refractivity contribution >= 4 is 39.6 Å². The van der Waals surface area contributed by atoms with E-state index in [0.717, 1.165) is 11.5 Å². The lowest BCUT2D eigenvalue weighted by Gasteiger charge is -2.14. The van der Waals surface area contributed by atoms with Crippen molar-refractivity contribution in [1.82, 2.24) is 5.32 Å². The van der Waals surface area contributed by atoms with E-state index < -0.39 is 11.9 Å². The normalized spacial score (nSPS) is 11.5. The second kappa shape index (κ2) is 14.5. The Kier molecular flexibility index (Phi) is 11.6. The van der Waals surface area contributed by atoms with Crippen LogP contribution in [0.1, 0.15) is 29.9 Å². The minimum absolute atomic E-state index is 0.104. The Balaban J connectivity index is 0.000000414. The number of carbonyl (C=O) groups is 3. The van der Waals surface area contributed by atoms with E-state index in [-0.39, 0.29) is 24.9 Å². The van der Waals surface area contributed by atoms with Gasteiger partial charge in [0.25, 0.3) is 0 Å². The van der Waals surface area contributed by atoms with Crippen molar-refractivity contribution in [3.05, 3.63) is 59.7 Å². The van der Waals surface area contributed by atoms with E-state index >= 15 is 0 Å². The van der Waals surface area contributed by atoms with Crippen molar-refractivity contribution in [2.45, 2.75) is 18.8 Å². The molecule has 1 aliphatic carbocycles. The molecule has 5 N–H and O–H groups in total. The molecule has 33 heavy (non-hydrogen) atoms. The van der Waals surface area contributed by atoms with Crippen molar-refractivity contribution in [3.63, 3.8) is 0 Å². The highest BCUT2D eigenvalue weighted by Crippen LogP contribution is 2.44. The molecule has 0 saturated carbocycles. The van der Waals surface area contributed by atoms with Crippen LogP contribution < -0.4 is 11.1 Å². The number of fused-ring (bicyclic) bond motifs is 3. The maximum atomic E-state index is 11.9. The van der Waals surface area contributed by atoms with Gasteiger partial charge in [0.1, 0.15) is 6.61 Å². The fraction of sp³-hybridized carbons (Fsp3) is 0.348. The van der Waals surface area contributed by atoms with E-state index in [1.807, 2.05) is 24.3 Å². The summed E-state index contributed by atoms with van der Waals surface area (Å²) in [7, 11) is 3.43. The number of nitrogens with two attached hydrogens (primary N) is 1. The fourth-order valence-electron chi connectivity index (χ4n) is 3.22. The van der Waals surface area contributed by atoms with Gasteiger partial charge in [-0.3, -0.25) is 9.59 Å². The first-order chi connectivity index (χ1) is 15.9. The Morgan fingerprint density at radius 1 is 0.879 bits per heavy atom. The van der Waals surface area contributed by atoms with Crippen molar-refractivity contribution in [3.8, 4) is 11.1 Å². The molecule has 0 saturated heterocycles. The van der Waals surface area contributed by atoms with Crippen LogP contribution in [0.25, 0.3) is 11.1 Å². The molecule has 2 aromatic carbocycles. The molecule has 10 heteroatoms. The molecule has 1 amide bonds. The first kappa shape index (κ1) is 26.6. The molecule has 178 valence electrons. The number of carboxylic acid groups (broad SMARTS) is 2. The number of benzene rings is 2. The van der Waals surface area contributed by atoms with E-state index in [2.05, 4.69) is 29.6 Å². The fourth-order valence-corrected chi connectivity index (χ4v) is 4.99. The largest absolute Gasteiger partial charge is 0.481 e. The zero-order chi connectivity index (χ0) is 24.1. The molecule has 8 nitrogen and oxygen atoms in total. The highest BCUT2D eigenvalue weighted by Gasteiger charge is 2.28. The second-order valence-corrected chi connectivity index (χ2v) is 9.67. The van der Waals surface area contributed by atoms with Crippen LogP contribution in [-0.4, -0.2) is 59.4 Å². The molecule has 1 aliphatic rings. The van der Waals surface area contributed by atoms with E-state index in [4.69, 9.17) is 20.7 Å². The Bertz CT molecular complexity index is 881. The number of nitrogens with one attached hydrogen (secondary N) is 1. The molecule has 0 bridgehead atoms. The molecule has 0 atom stereocenters. The van der Waals surface area contributed by atoms with Crippen LogP contribution in [0, 0.1) is 0 Å². The first-order valence-corrected chi connectivity index (χ1v) is 12.9. The molecule has 3 rings (SSSR count). The van der Waals surface area contributed by atoms with Gasteiger partial charge >= 0.3 is 18.0 Å². The molecule has 0 spiro atoms. The maximum absolute atomic E-state index is 11.9. The van der Waals surface area contributed by atoms with Crippen molar-refractivity contribution in [2.24, 2.45) is 5.73 Å². The Morgan fingerprint density at radius 2 is 1.39 bits per heavy atom. The summed E-state index contributed by atoms with van der Waals surface area (Å²) in [5.74, 6) is -0.280. The molecule has 0 fully saturated rings. The van der Waals surface area contributed by atoms with Crippen LogP contribution in [0.3, 0.4) is 0 Å². The number of rotatable bonds is 11. The van der Waals surface area contributed by atoms with Gasteiger partial charge < -0.3 is 26.0 Å². The molecule has 2 aromatic rings. The molecule has 0 unspecified atom stereocenters. The van der Waals surface area contributed by atoms with Crippen LogP contribution >= 0.6 is 21.6 Å². The minimum atomic E-state index is -1.08. The predicted molar refractivity (Wildman–Crippen MR) is 132 cm³/mol. The van der Waals surface area contributed by atoms with Gasteiger partial charge in [0.2, 0.25) is 0 Å². The highest BCUT2D eigenvalue weighted by molar-refractivity contribution is 8.76. The van der Waals surface area contributed by atoms with Crippen LogP contribution in [0.4, 0.5) is 4.79 Å². The summed E-state index contributed by atoms with van der Waals surface area (Å²) in [4.78, 5) is 31.2. The summed E-state index contributed by atoms with van der Waals surface area (Å²) in [5, 5.41) is 18.6. The lowest BCUT2D eigenvalue weighted by molar-refractivity contribution is -0.143. The van der Waals surface area contributed by atoms with E-state index in [1.54, 1.807) is 21.6 Å². The number of carbonyl (C=O) groups excluding carboxylic acids is 1. The van der Waals surface area contributed by atoms with Gasteiger partial charge in [-0.15, -0.1) is 0 Å². The number of hydrogen-bond acceptors (Lipinski definition) is 7. The minimum Gasteiger partial charge on any atom is -0.481 e. The smallest absolute Gasteiger partial charge is 0.407 e. The number of carboxylic acids is 2. The van der Waals surface area contributed by atoms with Gasteiger partial charge in [-0.05, 0) is 22.3 Å². The number of ether oxygens (including phenoxy) is 1. The average Bonchev–Trinajstić information content (AvgIpc) is 3.13. The van der Waals surface area contributed by atoms with Crippen LogP contribution in [0.2, 0.25) is 0 Å². The number of aliphatic carboxylic acids is 2. The van der Waals surface area contributed by atoms with Crippen molar-refractivity contribution in [1.29, 1.82) is 0 Å². The lowest BCUT2D eigenvalue weighted by atomic mass is 9.98. The van der Waals surface area contributed by atoms with Crippen LogP contribution in [0.5, 0.6) is 0 Å². The monoisotopic (exact) mass is 492 g/mol. The predicted octanol–water partition coefficient (Wildman–Crippen LogP) is 3.80. The summed E-state index contributed by atoms with van der Waals surface area (Å²) in [6.45, 7) is 1.63.